The molecule has 23 heavy (non-hydrogen) atoms. The van der Waals surface area contributed by atoms with E-state index in [0.29, 0.717) is 18.1 Å². The van der Waals surface area contributed by atoms with Gasteiger partial charge in [0.2, 0.25) is 0 Å². The Balaban J connectivity index is 1.56. The van der Waals surface area contributed by atoms with Crippen LogP contribution < -0.4 is 0 Å². The summed E-state index contributed by atoms with van der Waals surface area (Å²) < 4.78 is 6.18. The van der Waals surface area contributed by atoms with Gasteiger partial charge in [-0.05, 0) is 60.0 Å². The molecule has 2 fully saturated rings. The Morgan fingerprint density at radius 3 is 3.09 bits per heavy atom. The van der Waals surface area contributed by atoms with Gasteiger partial charge in [-0.25, -0.2) is 0 Å². The van der Waals surface area contributed by atoms with Crippen LogP contribution in [0.2, 0.25) is 0 Å². The standard InChI is InChI=1S/C21H26O2/c1-3-13-4-5-15-16-10-19-18-9-14(22)6-7-21(18,11-23-19)17(16)8-12(2)20(13)15/h3-4,12,15-17,20H,1,5-11H2,2H3/t12-,15?,16?,17?,20?,21+/m1/s1. The number of carbonyl (C=O) groups is 1. The van der Waals surface area contributed by atoms with E-state index < -0.39 is 0 Å². The van der Waals surface area contributed by atoms with Crippen molar-refractivity contribution < 1.29 is 9.53 Å². The monoisotopic (exact) mass is 310 g/mol. The summed E-state index contributed by atoms with van der Waals surface area (Å²) in [4.78, 5) is 12.0. The maximum Gasteiger partial charge on any atom is 0.137 e. The molecular formula is C21H26O2. The molecule has 1 aliphatic heterocycles. The molecule has 2 saturated carbocycles. The van der Waals surface area contributed by atoms with Gasteiger partial charge in [-0.15, -0.1) is 0 Å². The first-order valence-electron chi connectivity index (χ1n) is 9.33. The zero-order valence-corrected chi connectivity index (χ0v) is 14.0. The fraction of sp³-hybridized carbons (Fsp3) is 0.667. The first-order chi connectivity index (χ1) is 11.1. The fourth-order valence-corrected chi connectivity index (χ4v) is 6.89. The minimum absolute atomic E-state index is 0.211. The maximum absolute atomic E-state index is 12.0. The second kappa shape index (κ2) is 4.62. The van der Waals surface area contributed by atoms with Crippen molar-refractivity contribution in [2.24, 2.45) is 35.0 Å². The lowest BCUT2D eigenvalue weighted by atomic mass is 9.48. The number of ether oxygens (including phenoxy) is 1. The maximum atomic E-state index is 12.0. The van der Waals surface area contributed by atoms with E-state index in [9.17, 15) is 4.79 Å². The van der Waals surface area contributed by atoms with Crippen LogP contribution in [0.4, 0.5) is 0 Å². The van der Waals surface area contributed by atoms with Crippen molar-refractivity contribution in [1.82, 2.24) is 0 Å². The molecule has 0 saturated heterocycles. The Morgan fingerprint density at radius 1 is 1.39 bits per heavy atom. The van der Waals surface area contributed by atoms with E-state index in [1.165, 1.54) is 29.7 Å². The van der Waals surface area contributed by atoms with Crippen molar-refractivity contribution in [3.8, 4) is 0 Å². The van der Waals surface area contributed by atoms with Crippen LogP contribution in [-0.4, -0.2) is 12.4 Å². The van der Waals surface area contributed by atoms with Crippen molar-refractivity contribution in [2.75, 3.05) is 6.61 Å². The van der Waals surface area contributed by atoms with Crippen LogP contribution >= 0.6 is 0 Å². The Bertz CT molecular complexity index is 655. The van der Waals surface area contributed by atoms with Gasteiger partial charge in [0.1, 0.15) is 5.78 Å². The summed E-state index contributed by atoms with van der Waals surface area (Å²) >= 11 is 0. The predicted octanol–water partition coefficient (Wildman–Crippen LogP) is 4.43. The zero-order valence-electron chi connectivity index (χ0n) is 14.0. The van der Waals surface area contributed by atoms with Crippen molar-refractivity contribution in [2.45, 2.75) is 45.4 Å². The SMILES string of the molecule is C=CC1=CCC2C3CC4=C5CC(=O)CC[C@]5(CO4)C3C[C@@H](C)C12. The molecule has 1 heterocycles. The van der Waals surface area contributed by atoms with Gasteiger partial charge in [-0.2, -0.15) is 0 Å². The average Bonchev–Trinajstić information content (AvgIpc) is 3.09. The van der Waals surface area contributed by atoms with Gasteiger partial charge in [0, 0.05) is 24.7 Å². The third-order valence-corrected chi connectivity index (χ3v) is 7.81. The summed E-state index contributed by atoms with van der Waals surface area (Å²) in [5.74, 6) is 5.31. The third kappa shape index (κ3) is 1.67. The van der Waals surface area contributed by atoms with Gasteiger partial charge in [0.15, 0.2) is 0 Å². The molecule has 2 bridgehead atoms. The summed E-state index contributed by atoms with van der Waals surface area (Å²) in [7, 11) is 0. The molecular weight excluding hydrogens is 284 g/mol. The van der Waals surface area contributed by atoms with Crippen LogP contribution in [0.3, 0.4) is 0 Å². The molecule has 0 N–H and O–H groups in total. The van der Waals surface area contributed by atoms with Gasteiger partial charge in [0.05, 0.1) is 12.4 Å². The second-order valence-electron chi connectivity index (χ2n) is 8.58. The molecule has 0 spiro atoms. The quantitative estimate of drug-likeness (QED) is 0.716. The molecule has 4 aliphatic carbocycles. The molecule has 122 valence electrons. The number of hydrogen-bond acceptors (Lipinski definition) is 2. The number of Topliss-reactive ketones (excluding diaryl/α,β-unsaturated/α-hetero) is 1. The fourth-order valence-electron chi connectivity index (χ4n) is 6.89. The number of fused-ring (bicyclic) bond motifs is 3. The average molecular weight is 310 g/mol. The molecule has 0 radical (unpaired) electrons. The molecule has 6 atom stereocenters. The van der Waals surface area contributed by atoms with Crippen LogP contribution in [0, 0.1) is 35.0 Å². The number of rotatable bonds is 1. The third-order valence-electron chi connectivity index (χ3n) is 7.81. The summed E-state index contributed by atoms with van der Waals surface area (Å²) in [6.45, 7) is 7.35. The number of hydrogen-bond donors (Lipinski definition) is 0. The highest BCUT2D eigenvalue weighted by Gasteiger charge is 2.61. The van der Waals surface area contributed by atoms with Gasteiger partial charge in [-0.1, -0.05) is 25.7 Å². The molecule has 2 nitrogen and oxygen atoms in total. The van der Waals surface area contributed by atoms with Crippen LogP contribution in [0.1, 0.15) is 45.4 Å². The van der Waals surface area contributed by atoms with E-state index in [4.69, 9.17) is 4.74 Å². The van der Waals surface area contributed by atoms with E-state index in [1.807, 2.05) is 0 Å². The number of allylic oxidation sites excluding steroid dienone is 4. The topological polar surface area (TPSA) is 26.3 Å². The summed E-state index contributed by atoms with van der Waals surface area (Å²) in [5, 5.41) is 0. The van der Waals surface area contributed by atoms with Crippen molar-refractivity contribution in [3.63, 3.8) is 0 Å². The van der Waals surface area contributed by atoms with Crippen molar-refractivity contribution >= 4 is 5.78 Å². The van der Waals surface area contributed by atoms with Crippen LogP contribution in [0.5, 0.6) is 0 Å². The second-order valence-corrected chi connectivity index (χ2v) is 8.58. The highest BCUT2D eigenvalue weighted by Crippen LogP contribution is 2.66. The Morgan fingerprint density at radius 2 is 2.26 bits per heavy atom. The summed E-state index contributed by atoms with van der Waals surface area (Å²) in [5.41, 5.74) is 3.11. The van der Waals surface area contributed by atoms with Crippen LogP contribution in [-0.2, 0) is 9.53 Å². The molecule has 0 amide bonds. The van der Waals surface area contributed by atoms with E-state index in [1.54, 1.807) is 0 Å². The minimum Gasteiger partial charge on any atom is -0.497 e. The van der Waals surface area contributed by atoms with Gasteiger partial charge >= 0.3 is 0 Å². The smallest absolute Gasteiger partial charge is 0.137 e. The normalized spacial score (nSPS) is 47.4. The Hall–Kier alpha value is -1.31. The van der Waals surface area contributed by atoms with Gasteiger partial charge < -0.3 is 4.74 Å². The van der Waals surface area contributed by atoms with Crippen LogP contribution in [0.25, 0.3) is 0 Å². The number of carbonyl (C=O) groups excluding carboxylic acids is 1. The van der Waals surface area contributed by atoms with E-state index in [0.717, 1.165) is 49.5 Å². The molecule has 5 rings (SSSR count). The minimum atomic E-state index is 0.211. The molecule has 0 aromatic rings. The highest BCUT2D eigenvalue weighted by molar-refractivity contribution is 5.83. The van der Waals surface area contributed by atoms with Gasteiger partial charge in [-0.3, -0.25) is 4.79 Å². The Kier molecular flexibility index (Phi) is 2.82. The van der Waals surface area contributed by atoms with E-state index in [-0.39, 0.29) is 5.41 Å². The predicted molar refractivity (Wildman–Crippen MR) is 89.5 cm³/mol. The zero-order chi connectivity index (χ0) is 15.8. The van der Waals surface area contributed by atoms with E-state index >= 15 is 0 Å². The highest BCUT2D eigenvalue weighted by atomic mass is 16.5. The van der Waals surface area contributed by atoms with Gasteiger partial charge in [0.25, 0.3) is 0 Å². The molecule has 0 aromatic carbocycles. The van der Waals surface area contributed by atoms with Crippen molar-refractivity contribution in [3.05, 3.63) is 35.6 Å². The largest absolute Gasteiger partial charge is 0.497 e. The molecule has 4 unspecified atom stereocenters. The first kappa shape index (κ1) is 14.1. The first-order valence-corrected chi connectivity index (χ1v) is 9.33. The molecule has 2 heteroatoms. The Labute approximate surface area is 138 Å². The molecule has 0 aromatic heterocycles. The van der Waals surface area contributed by atoms with Crippen LogP contribution in [0.15, 0.2) is 35.6 Å². The molecule has 5 aliphatic rings. The number of ketones is 1. The lowest BCUT2D eigenvalue weighted by Crippen LogP contribution is -2.50. The summed E-state index contributed by atoms with van der Waals surface area (Å²) in [6, 6.07) is 0. The lowest BCUT2D eigenvalue weighted by Gasteiger charge is -2.54. The van der Waals surface area contributed by atoms with E-state index in [2.05, 4.69) is 25.7 Å². The summed E-state index contributed by atoms with van der Waals surface area (Å²) in [6.07, 6.45) is 10.6. The lowest BCUT2D eigenvalue weighted by molar-refractivity contribution is -0.122. The van der Waals surface area contributed by atoms with Crippen molar-refractivity contribution in [1.29, 1.82) is 0 Å².